The highest BCUT2D eigenvalue weighted by Crippen LogP contribution is 2.25. The Morgan fingerprint density at radius 3 is 2.62 bits per heavy atom. The first-order valence-electron chi connectivity index (χ1n) is 5.10. The van der Waals surface area contributed by atoms with Crippen molar-refractivity contribution in [3.63, 3.8) is 0 Å². The van der Waals surface area contributed by atoms with Gasteiger partial charge < -0.3 is 4.74 Å². The molecule has 1 fully saturated rings. The average Bonchev–Trinajstić information content (AvgIpc) is 2.36. The first-order chi connectivity index (χ1) is 7.86. The minimum atomic E-state index is 0.508. The quantitative estimate of drug-likeness (QED) is 0.744. The Morgan fingerprint density at radius 2 is 2.00 bits per heavy atom. The summed E-state index contributed by atoms with van der Waals surface area (Å²) in [4.78, 5) is 15.3. The van der Waals surface area contributed by atoms with E-state index in [1.165, 1.54) is 4.90 Å². The van der Waals surface area contributed by atoms with Gasteiger partial charge in [-0.1, -0.05) is 18.2 Å². The number of rotatable bonds is 2. The molecule has 1 aliphatic heterocycles. The number of ether oxygens (including phenoxy) is 1. The van der Waals surface area contributed by atoms with Crippen LogP contribution in [-0.4, -0.2) is 30.1 Å². The summed E-state index contributed by atoms with van der Waals surface area (Å²) in [6.07, 6.45) is 0. The molecule has 1 heterocycles. The lowest BCUT2D eigenvalue weighted by molar-refractivity contribution is 0.0440. The Morgan fingerprint density at radius 1 is 1.31 bits per heavy atom. The molecule has 1 atom stereocenters. The van der Waals surface area contributed by atoms with Gasteiger partial charge in [-0.3, -0.25) is 0 Å². The Kier molecular flexibility index (Phi) is 6.07. The van der Waals surface area contributed by atoms with E-state index in [9.17, 15) is 0 Å². The van der Waals surface area contributed by atoms with E-state index < -0.39 is 0 Å². The standard InChI is InChI=1S/C11H15NOS.O2/c1-10-9-13-8-7-12(10)14-11-5-3-2-4-6-11;1-2/h2-6,10H,7-9H2,1H3;. The van der Waals surface area contributed by atoms with Crippen molar-refractivity contribution in [3.05, 3.63) is 40.3 Å². The fraction of sp³-hybridized carbons (Fsp3) is 0.455. The van der Waals surface area contributed by atoms with Gasteiger partial charge in [-0.15, -0.1) is 0 Å². The van der Waals surface area contributed by atoms with Crippen molar-refractivity contribution in [2.45, 2.75) is 17.9 Å². The van der Waals surface area contributed by atoms with E-state index in [2.05, 4.69) is 35.5 Å². The number of morpholine rings is 1. The van der Waals surface area contributed by atoms with E-state index in [1.54, 1.807) is 0 Å². The second-order valence-corrected chi connectivity index (χ2v) is 4.59. The molecule has 0 aliphatic carbocycles. The largest absolute Gasteiger partial charge is 0.378 e. The van der Waals surface area contributed by atoms with E-state index in [0.29, 0.717) is 6.04 Å². The lowest BCUT2D eigenvalue weighted by atomic mass is 10.3. The minimum Gasteiger partial charge on any atom is -0.378 e. The molecule has 1 aromatic rings. The van der Waals surface area contributed by atoms with Crippen LogP contribution in [0.5, 0.6) is 0 Å². The average molecular weight is 241 g/mol. The number of nitrogens with zero attached hydrogens (tertiary/aromatic N) is 1. The maximum absolute atomic E-state index is 7.00. The molecule has 0 bridgehead atoms. The number of hydrogen-bond donors (Lipinski definition) is 0. The SMILES string of the molecule is CC1COCCN1Sc1ccccc1.O=O. The molecule has 1 aromatic carbocycles. The topological polar surface area (TPSA) is 46.6 Å². The summed E-state index contributed by atoms with van der Waals surface area (Å²) in [7, 11) is 0. The molecular formula is C11H15NO3S. The van der Waals surface area contributed by atoms with Crippen LogP contribution < -0.4 is 0 Å². The van der Waals surface area contributed by atoms with Crippen molar-refractivity contribution < 1.29 is 4.74 Å². The van der Waals surface area contributed by atoms with Gasteiger partial charge in [-0.25, -0.2) is 4.31 Å². The summed E-state index contributed by atoms with van der Waals surface area (Å²) in [5.41, 5.74) is 0. The molecule has 4 nitrogen and oxygen atoms in total. The van der Waals surface area contributed by atoms with Gasteiger partial charge in [0, 0.05) is 27.4 Å². The molecule has 0 saturated carbocycles. The predicted molar refractivity (Wildman–Crippen MR) is 66.0 cm³/mol. The van der Waals surface area contributed by atoms with Crippen LogP contribution in [0.25, 0.3) is 0 Å². The lowest BCUT2D eigenvalue weighted by Gasteiger charge is -2.31. The lowest BCUT2D eigenvalue weighted by Crippen LogP contribution is -2.38. The third-order valence-corrected chi connectivity index (χ3v) is 3.53. The van der Waals surface area contributed by atoms with Crippen LogP contribution in [0.2, 0.25) is 0 Å². The molecule has 88 valence electrons. The Labute approximate surface area is 99.3 Å². The Hall–Kier alpha value is -0.910. The summed E-state index contributed by atoms with van der Waals surface area (Å²) >= 11 is 1.83. The molecule has 1 saturated heterocycles. The van der Waals surface area contributed by atoms with Gasteiger partial charge in [0.05, 0.1) is 13.2 Å². The molecule has 0 N–H and O–H groups in total. The van der Waals surface area contributed by atoms with Gasteiger partial charge in [0.15, 0.2) is 0 Å². The fourth-order valence-electron chi connectivity index (χ4n) is 1.46. The van der Waals surface area contributed by atoms with E-state index in [0.717, 1.165) is 19.8 Å². The monoisotopic (exact) mass is 241 g/mol. The maximum Gasteiger partial charge on any atom is 0.0629 e. The molecule has 0 radical (unpaired) electrons. The first-order valence-corrected chi connectivity index (χ1v) is 5.87. The molecule has 0 amide bonds. The van der Waals surface area contributed by atoms with Crippen LogP contribution in [0, 0.1) is 9.93 Å². The van der Waals surface area contributed by atoms with Gasteiger partial charge in [-0.2, -0.15) is 0 Å². The molecule has 5 heteroatoms. The van der Waals surface area contributed by atoms with Gasteiger partial charge in [-0.05, 0) is 31.0 Å². The number of hydrogen-bond acceptors (Lipinski definition) is 5. The van der Waals surface area contributed by atoms with Crippen molar-refractivity contribution in [1.29, 1.82) is 0 Å². The van der Waals surface area contributed by atoms with Crippen molar-refractivity contribution in [2.75, 3.05) is 19.8 Å². The normalized spacial score (nSPS) is 20.9. The van der Waals surface area contributed by atoms with E-state index in [4.69, 9.17) is 14.7 Å². The zero-order chi connectivity index (χ0) is 11.8. The first kappa shape index (κ1) is 13.2. The molecule has 1 aliphatic rings. The predicted octanol–water partition coefficient (Wildman–Crippen LogP) is 2.48. The third kappa shape index (κ3) is 3.92. The van der Waals surface area contributed by atoms with Crippen LogP contribution in [0.4, 0.5) is 0 Å². The fourth-order valence-corrected chi connectivity index (χ4v) is 2.42. The van der Waals surface area contributed by atoms with Gasteiger partial charge in [0.2, 0.25) is 0 Å². The zero-order valence-electron chi connectivity index (χ0n) is 9.17. The summed E-state index contributed by atoms with van der Waals surface area (Å²) in [5.74, 6) is 0. The van der Waals surface area contributed by atoms with Crippen molar-refractivity contribution in [2.24, 2.45) is 0 Å². The smallest absolute Gasteiger partial charge is 0.0629 e. The van der Waals surface area contributed by atoms with Crippen LogP contribution in [-0.2, 0) is 4.74 Å². The molecule has 0 spiro atoms. The van der Waals surface area contributed by atoms with E-state index in [1.807, 2.05) is 18.0 Å². The second kappa shape index (κ2) is 7.38. The van der Waals surface area contributed by atoms with Crippen LogP contribution in [0.3, 0.4) is 0 Å². The summed E-state index contributed by atoms with van der Waals surface area (Å²) < 4.78 is 7.78. The van der Waals surface area contributed by atoms with Crippen LogP contribution in [0.1, 0.15) is 6.92 Å². The van der Waals surface area contributed by atoms with Crippen molar-refractivity contribution in [3.8, 4) is 0 Å². The van der Waals surface area contributed by atoms with E-state index in [-0.39, 0.29) is 0 Å². The van der Waals surface area contributed by atoms with Gasteiger partial charge in [0.25, 0.3) is 0 Å². The second-order valence-electron chi connectivity index (χ2n) is 3.47. The van der Waals surface area contributed by atoms with Crippen LogP contribution in [0.15, 0.2) is 35.2 Å². The van der Waals surface area contributed by atoms with E-state index >= 15 is 0 Å². The number of benzene rings is 1. The summed E-state index contributed by atoms with van der Waals surface area (Å²) in [6.45, 7) is 4.92. The molecule has 1 unspecified atom stereocenters. The third-order valence-electron chi connectivity index (χ3n) is 2.27. The Balaban J connectivity index is 0.000000606. The molecule has 0 aromatic heterocycles. The minimum absolute atomic E-state index is 0.508. The maximum atomic E-state index is 7.00. The summed E-state index contributed by atoms with van der Waals surface area (Å²) in [6, 6.07) is 11.0. The highest BCUT2D eigenvalue weighted by atomic mass is 32.2. The summed E-state index contributed by atoms with van der Waals surface area (Å²) in [5, 5.41) is 0. The Bertz CT molecular complexity index is 297. The van der Waals surface area contributed by atoms with Gasteiger partial charge >= 0.3 is 0 Å². The van der Waals surface area contributed by atoms with Crippen LogP contribution >= 0.6 is 11.9 Å². The molecule has 2 rings (SSSR count). The molecule has 16 heavy (non-hydrogen) atoms. The zero-order valence-corrected chi connectivity index (χ0v) is 9.98. The highest BCUT2D eigenvalue weighted by molar-refractivity contribution is 7.97. The highest BCUT2D eigenvalue weighted by Gasteiger charge is 2.19. The van der Waals surface area contributed by atoms with Crippen molar-refractivity contribution in [1.82, 2.24) is 4.31 Å². The van der Waals surface area contributed by atoms with Gasteiger partial charge in [0.1, 0.15) is 0 Å². The van der Waals surface area contributed by atoms with Crippen molar-refractivity contribution >= 4 is 11.9 Å². The molecular weight excluding hydrogens is 226 g/mol.